The van der Waals surface area contributed by atoms with Crippen LogP contribution in [0.3, 0.4) is 0 Å². The molecular weight excluding hydrogens is 390 g/mol. The fourth-order valence-electron chi connectivity index (χ4n) is 4.36. The number of hydrogen-bond acceptors (Lipinski definition) is 6. The first-order chi connectivity index (χ1) is 12.9. The molecule has 2 unspecified atom stereocenters. The van der Waals surface area contributed by atoms with Gasteiger partial charge >= 0.3 is 0 Å². The van der Waals surface area contributed by atoms with Gasteiger partial charge in [-0.2, -0.15) is 0 Å². The normalized spacial score (nSPS) is 27.6. The van der Waals surface area contributed by atoms with Crippen molar-refractivity contribution in [2.45, 2.75) is 33.6 Å². The van der Waals surface area contributed by atoms with Gasteiger partial charge in [-0.05, 0) is 30.4 Å². The Balaban J connectivity index is 1.81. The molecule has 3 rings (SSSR count). The zero-order chi connectivity index (χ0) is 21.1. The molecule has 148 valence electrons. The lowest BCUT2D eigenvalue weighted by molar-refractivity contribution is -0.384. The molecule has 1 aromatic rings. The third kappa shape index (κ3) is 2.32. The highest BCUT2D eigenvalue weighted by molar-refractivity contribution is 6.48. The van der Waals surface area contributed by atoms with Crippen LogP contribution in [-0.4, -0.2) is 28.3 Å². The van der Waals surface area contributed by atoms with Gasteiger partial charge in [0.05, 0.1) is 4.92 Å². The molecule has 10 heteroatoms. The van der Waals surface area contributed by atoms with E-state index in [1.54, 1.807) is 20.8 Å². The fourth-order valence-corrected chi connectivity index (χ4v) is 4.55. The lowest BCUT2D eigenvalue weighted by Gasteiger charge is -2.36. The molecule has 2 saturated carbocycles. The van der Waals surface area contributed by atoms with Crippen LogP contribution in [0.1, 0.15) is 44.0 Å². The monoisotopic (exact) mass is 407 g/mol. The maximum atomic E-state index is 12.9. The smallest absolute Gasteiger partial charge is 0.288 e. The first-order valence-corrected chi connectivity index (χ1v) is 8.92. The number of halogens is 1. The summed E-state index contributed by atoms with van der Waals surface area (Å²) in [6.45, 7) is 5.08. The van der Waals surface area contributed by atoms with Gasteiger partial charge in [0.1, 0.15) is 10.4 Å². The number of nitro benzene ring substituents is 1. The third-order valence-electron chi connectivity index (χ3n) is 6.62. The Labute approximate surface area is 164 Å². The Kier molecular flexibility index (Phi) is 4.34. The van der Waals surface area contributed by atoms with Crippen LogP contribution in [0, 0.1) is 26.4 Å². The van der Waals surface area contributed by atoms with Gasteiger partial charge in [-0.25, -0.2) is 0 Å². The Morgan fingerprint density at radius 1 is 1.11 bits per heavy atom. The molecule has 0 aromatic heterocycles. The van der Waals surface area contributed by atoms with Crippen molar-refractivity contribution in [3.05, 3.63) is 38.9 Å². The zero-order valence-corrected chi connectivity index (χ0v) is 16.2. The van der Waals surface area contributed by atoms with E-state index in [1.807, 2.05) is 0 Å². The zero-order valence-electron chi connectivity index (χ0n) is 15.4. The number of ketones is 2. The highest BCUT2D eigenvalue weighted by Gasteiger charge is 2.77. The quantitative estimate of drug-likeness (QED) is 0.340. The minimum Gasteiger partial charge on any atom is -0.290 e. The van der Waals surface area contributed by atoms with Crippen LogP contribution in [0.5, 0.6) is 0 Å². The molecule has 9 nitrogen and oxygen atoms in total. The molecule has 28 heavy (non-hydrogen) atoms. The fraction of sp³-hybridized carbons (Fsp3) is 0.444. The molecule has 0 saturated heterocycles. The largest absolute Gasteiger partial charge is 0.290 e. The van der Waals surface area contributed by atoms with Crippen LogP contribution in [-0.2, 0) is 14.4 Å². The van der Waals surface area contributed by atoms with E-state index in [1.165, 1.54) is 12.1 Å². The van der Waals surface area contributed by atoms with E-state index in [4.69, 9.17) is 11.6 Å². The standard InChI is InChI=1S/C18H18ClN3O6/c1-16(2)17(3)6-7-18(16,13(24)12(17)23)15(26)21-20-14(25)9-4-5-10(19)11(8-9)22(27)28/h4-5,8H,6-7H2,1-3H3,(H,20,25)(H,21,26). The van der Waals surface area contributed by atoms with E-state index in [2.05, 4.69) is 10.9 Å². The summed E-state index contributed by atoms with van der Waals surface area (Å²) >= 11 is 5.71. The SMILES string of the molecule is CC12CCC(C(=O)NNC(=O)c3ccc(Cl)c([N+](=O)[O-])c3)(C(=O)C1=O)C2(C)C. The number of hydrogen-bond donors (Lipinski definition) is 2. The van der Waals surface area contributed by atoms with Crippen molar-refractivity contribution >= 4 is 40.7 Å². The molecular formula is C18H18ClN3O6. The summed E-state index contributed by atoms with van der Waals surface area (Å²) in [6, 6.07) is 3.43. The lowest BCUT2D eigenvalue weighted by Crippen LogP contribution is -2.55. The van der Waals surface area contributed by atoms with E-state index in [9.17, 15) is 29.3 Å². The summed E-state index contributed by atoms with van der Waals surface area (Å²) in [5.74, 6) is -2.91. The first-order valence-electron chi connectivity index (χ1n) is 8.54. The molecule has 0 heterocycles. The topological polar surface area (TPSA) is 135 Å². The number of fused-ring (bicyclic) bond motifs is 2. The third-order valence-corrected chi connectivity index (χ3v) is 6.94. The van der Waals surface area contributed by atoms with Crippen molar-refractivity contribution in [3.8, 4) is 0 Å². The van der Waals surface area contributed by atoms with Crippen LogP contribution in [0.4, 0.5) is 5.69 Å². The molecule has 0 radical (unpaired) electrons. The van der Waals surface area contributed by atoms with E-state index in [-0.39, 0.29) is 17.0 Å². The number of rotatable bonds is 3. The predicted octanol–water partition coefficient (Wildman–Crippen LogP) is 1.97. The highest BCUT2D eigenvalue weighted by atomic mass is 35.5. The van der Waals surface area contributed by atoms with Crippen LogP contribution in [0.2, 0.25) is 5.02 Å². The number of carbonyl (C=O) groups is 4. The predicted molar refractivity (Wildman–Crippen MR) is 97.3 cm³/mol. The van der Waals surface area contributed by atoms with Gasteiger partial charge in [-0.3, -0.25) is 40.1 Å². The van der Waals surface area contributed by atoms with Crippen molar-refractivity contribution in [1.82, 2.24) is 10.9 Å². The number of Topliss-reactive ketones (excluding diaryl/α,β-unsaturated/α-hetero) is 2. The van der Waals surface area contributed by atoms with Gasteiger partial charge in [0.2, 0.25) is 11.6 Å². The Morgan fingerprint density at radius 3 is 2.29 bits per heavy atom. The van der Waals surface area contributed by atoms with Gasteiger partial charge in [-0.1, -0.05) is 32.4 Å². The molecule has 1 aromatic carbocycles. The highest BCUT2D eigenvalue weighted by Crippen LogP contribution is 2.68. The minimum absolute atomic E-state index is 0.0988. The van der Waals surface area contributed by atoms with Crippen molar-refractivity contribution in [2.75, 3.05) is 0 Å². The number of hydrazine groups is 1. The molecule has 2 amide bonds. The van der Waals surface area contributed by atoms with Crippen LogP contribution < -0.4 is 10.9 Å². The van der Waals surface area contributed by atoms with Gasteiger partial charge in [0, 0.05) is 17.0 Å². The van der Waals surface area contributed by atoms with Crippen LogP contribution in [0.15, 0.2) is 18.2 Å². The Hall–Kier alpha value is -2.81. The van der Waals surface area contributed by atoms with Crippen LogP contribution in [0.25, 0.3) is 0 Å². The molecule has 2 aliphatic rings. The first kappa shape index (κ1) is 19.9. The lowest BCUT2D eigenvalue weighted by atomic mass is 9.64. The summed E-state index contributed by atoms with van der Waals surface area (Å²) in [5.41, 5.74) is 0.416. The number of nitrogens with one attached hydrogen (secondary N) is 2. The Morgan fingerprint density at radius 2 is 1.75 bits per heavy atom. The van der Waals surface area contributed by atoms with Gasteiger partial charge in [0.25, 0.3) is 17.5 Å². The van der Waals surface area contributed by atoms with Crippen molar-refractivity contribution in [1.29, 1.82) is 0 Å². The molecule has 2 bridgehead atoms. The molecule has 0 aliphatic heterocycles. The van der Waals surface area contributed by atoms with Crippen LogP contribution >= 0.6 is 11.6 Å². The average Bonchev–Trinajstić information content (AvgIpc) is 2.91. The molecule has 2 fully saturated rings. The maximum absolute atomic E-state index is 12.9. The summed E-state index contributed by atoms with van der Waals surface area (Å²) in [4.78, 5) is 60.4. The van der Waals surface area contributed by atoms with Crippen molar-refractivity contribution in [3.63, 3.8) is 0 Å². The summed E-state index contributed by atoms with van der Waals surface area (Å²) < 4.78 is 0. The van der Waals surface area contributed by atoms with Crippen molar-refractivity contribution in [2.24, 2.45) is 16.2 Å². The van der Waals surface area contributed by atoms with E-state index < -0.39 is 50.2 Å². The van der Waals surface area contributed by atoms with Gasteiger partial charge < -0.3 is 0 Å². The van der Waals surface area contributed by atoms with Crippen molar-refractivity contribution < 1.29 is 24.1 Å². The number of nitro groups is 1. The second-order valence-corrected chi connectivity index (χ2v) is 8.26. The minimum atomic E-state index is -1.56. The van der Waals surface area contributed by atoms with Gasteiger partial charge in [0.15, 0.2) is 0 Å². The summed E-state index contributed by atoms with van der Waals surface area (Å²) in [5, 5.41) is 10.8. The molecule has 2 atom stereocenters. The summed E-state index contributed by atoms with van der Waals surface area (Å²) in [6.07, 6.45) is 0.602. The second kappa shape index (κ2) is 6.10. The maximum Gasteiger partial charge on any atom is 0.288 e. The number of amides is 2. The number of benzene rings is 1. The Bertz CT molecular complexity index is 959. The van der Waals surface area contributed by atoms with E-state index >= 15 is 0 Å². The van der Waals surface area contributed by atoms with E-state index in [0.29, 0.717) is 6.42 Å². The molecule has 2 aliphatic carbocycles. The second-order valence-electron chi connectivity index (χ2n) is 7.85. The number of carbonyl (C=O) groups excluding carboxylic acids is 4. The molecule has 0 spiro atoms. The summed E-state index contributed by atoms with van der Waals surface area (Å²) in [7, 11) is 0. The average molecular weight is 408 g/mol. The van der Waals surface area contributed by atoms with E-state index in [0.717, 1.165) is 6.07 Å². The van der Waals surface area contributed by atoms with Gasteiger partial charge in [-0.15, -0.1) is 0 Å². The number of nitrogens with zero attached hydrogens (tertiary/aromatic N) is 1. The molecule has 2 N–H and O–H groups in total.